The summed E-state index contributed by atoms with van der Waals surface area (Å²) in [6.07, 6.45) is 2.92. The minimum Gasteiger partial charge on any atom is -0.381 e. The number of halogens is 1. The van der Waals surface area contributed by atoms with Crippen molar-refractivity contribution in [2.75, 3.05) is 26.3 Å². The molecule has 2 heterocycles. The summed E-state index contributed by atoms with van der Waals surface area (Å²) >= 11 is 5.88. The lowest BCUT2D eigenvalue weighted by Crippen LogP contribution is -2.41. The Kier molecular flexibility index (Phi) is 5.04. The Bertz CT molecular complexity index is 617. The monoisotopic (exact) mass is 344 g/mol. The van der Waals surface area contributed by atoms with E-state index < -0.39 is 10.0 Å². The second kappa shape index (κ2) is 6.84. The van der Waals surface area contributed by atoms with Gasteiger partial charge in [-0.25, -0.2) is 13.1 Å². The number of hydrogen-bond donors (Lipinski definition) is 1. The summed E-state index contributed by atoms with van der Waals surface area (Å²) in [7, 11) is -3.51. The van der Waals surface area contributed by atoms with Crippen LogP contribution in [0.15, 0.2) is 29.2 Å². The summed E-state index contributed by atoms with van der Waals surface area (Å²) in [6, 6.07) is 6.86. The fourth-order valence-electron chi connectivity index (χ4n) is 3.19. The minimum absolute atomic E-state index is 0.0353. The number of sulfonamides is 1. The molecule has 1 aromatic carbocycles. The van der Waals surface area contributed by atoms with Crippen LogP contribution in [0, 0.1) is 0 Å². The topological polar surface area (TPSA) is 58.6 Å². The summed E-state index contributed by atoms with van der Waals surface area (Å²) in [5.74, 6) is 0. The van der Waals surface area contributed by atoms with Crippen LogP contribution in [0.1, 0.15) is 19.3 Å². The van der Waals surface area contributed by atoms with E-state index in [-0.39, 0.29) is 10.9 Å². The number of benzene rings is 1. The molecule has 0 unspecified atom stereocenters. The molecule has 22 heavy (non-hydrogen) atoms. The number of likely N-dealkylation sites (tertiary alicyclic amines) is 1. The molecule has 2 saturated heterocycles. The summed E-state index contributed by atoms with van der Waals surface area (Å²) in [4.78, 5) is 2.61. The molecule has 0 radical (unpaired) electrons. The first-order valence-electron chi connectivity index (χ1n) is 7.64. The second-order valence-corrected chi connectivity index (χ2v) is 8.05. The highest BCUT2D eigenvalue weighted by Gasteiger charge is 2.31. The molecular weight excluding hydrogens is 324 g/mol. The predicted molar refractivity (Wildman–Crippen MR) is 85.6 cm³/mol. The van der Waals surface area contributed by atoms with Crippen molar-refractivity contribution in [1.29, 1.82) is 0 Å². The third-order valence-corrected chi connectivity index (χ3v) is 6.11. The van der Waals surface area contributed by atoms with Crippen molar-refractivity contribution in [2.24, 2.45) is 0 Å². The largest absolute Gasteiger partial charge is 0.381 e. The minimum atomic E-state index is -3.51. The van der Waals surface area contributed by atoms with Gasteiger partial charge < -0.3 is 4.74 Å². The number of nitrogens with one attached hydrogen (secondary N) is 1. The van der Waals surface area contributed by atoms with Gasteiger partial charge in [-0.2, -0.15) is 0 Å². The van der Waals surface area contributed by atoms with Crippen molar-refractivity contribution in [1.82, 2.24) is 9.62 Å². The van der Waals surface area contributed by atoms with Gasteiger partial charge in [0.1, 0.15) is 0 Å². The number of hydrogen-bond acceptors (Lipinski definition) is 4. The third kappa shape index (κ3) is 3.81. The second-order valence-electron chi connectivity index (χ2n) is 5.90. The van der Waals surface area contributed by atoms with Gasteiger partial charge in [0.2, 0.25) is 10.0 Å². The van der Waals surface area contributed by atoms with Crippen LogP contribution in [0.4, 0.5) is 0 Å². The maximum atomic E-state index is 12.4. The zero-order valence-electron chi connectivity index (χ0n) is 12.4. The molecule has 3 rings (SSSR count). The molecule has 7 heteroatoms. The Hall–Kier alpha value is -0.660. The van der Waals surface area contributed by atoms with Crippen molar-refractivity contribution in [3.63, 3.8) is 0 Å². The van der Waals surface area contributed by atoms with Crippen LogP contribution in [0.3, 0.4) is 0 Å². The van der Waals surface area contributed by atoms with Gasteiger partial charge in [-0.1, -0.05) is 17.7 Å². The summed E-state index contributed by atoms with van der Waals surface area (Å²) in [5.41, 5.74) is 0. The van der Waals surface area contributed by atoms with Gasteiger partial charge in [-0.15, -0.1) is 0 Å². The van der Waals surface area contributed by atoms with Crippen LogP contribution in [-0.4, -0.2) is 51.7 Å². The molecule has 1 N–H and O–H groups in total. The smallest absolute Gasteiger partial charge is 0.240 e. The average Bonchev–Trinajstić information content (AvgIpc) is 2.96. The first kappa shape index (κ1) is 16.2. The lowest BCUT2D eigenvalue weighted by atomic mass is 10.1. The van der Waals surface area contributed by atoms with Crippen LogP contribution in [-0.2, 0) is 14.8 Å². The lowest BCUT2D eigenvalue weighted by molar-refractivity contribution is 0.0418. The molecule has 1 aromatic rings. The Morgan fingerprint density at radius 2 is 2.00 bits per heavy atom. The van der Waals surface area contributed by atoms with E-state index in [2.05, 4.69) is 9.62 Å². The van der Waals surface area contributed by atoms with Crippen molar-refractivity contribution >= 4 is 21.6 Å². The van der Waals surface area contributed by atoms with Crippen molar-refractivity contribution in [3.8, 4) is 0 Å². The number of ether oxygens (including phenoxy) is 1. The molecular formula is C15H21ClN2O3S. The van der Waals surface area contributed by atoms with Gasteiger partial charge in [0.15, 0.2) is 0 Å². The van der Waals surface area contributed by atoms with Gasteiger partial charge in [0, 0.05) is 43.4 Å². The highest BCUT2D eigenvalue weighted by Crippen LogP contribution is 2.22. The van der Waals surface area contributed by atoms with E-state index in [1.165, 1.54) is 6.07 Å². The summed E-state index contributed by atoms with van der Waals surface area (Å²) in [6.45, 7) is 3.32. The van der Waals surface area contributed by atoms with E-state index in [4.69, 9.17) is 16.3 Å². The fraction of sp³-hybridized carbons (Fsp3) is 0.600. The molecule has 1 atom stereocenters. The highest BCUT2D eigenvalue weighted by molar-refractivity contribution is 7.89. The van der Waals surface area contributed by atoms with Gasteiger partial charge in [0.05, 0.1) is 4.90 Å². The number of rotatable bonds is 4. The standard InChI is InChI=1S/C15H21ClN2O3S/c16-12-2-1-3-15(10-12)22(19,20)17-13-4-7-18(11-13)14-5-8-21-9-6-14/h1-3,10,13-14,17H,4-9,11H2/t13-/m1/s1. The highest BCUT2D eigenvalue weighted by atomic mass is 35.5. The molecule has 0 amide bonds. The Balaban J connectivity index is 1.61. The quantitative estimate of drug-likeness (QED) is 0.906. The average molecular weight is 345 g/mol. The maximum Gasteiger partial charge on any atom is 0.240 e. The van der Waals surface area contributed by atoms with E-state index in [9.17, 15) is 8.42 Å². The molecule has 2 aliphatic heterocycles. The van der Waals surface area contributed by atoms with Crippen LogP contribution >= 0.6 is 11.6 Å². The van der Waals surface area contributed by atoms with E-state index in [0.717, 1.165) is 45.6 Å². The number of nitrogens with zero attached hydrogens (tertiary/aromatic N) is 1. The zero-order valence-corrected chi connectivity index (χ0v) is 13.9. The maximum absolute atomic E-state index is 12.4. The van der Waals surface area contributed by atoms with Crippen LogP contribution in [0.25, 0.3) is 0 Å². The van der Waals surface area contributed by atoms with Gasteiger partial charge >= 0.3 is 0 Å². The van der Waals surface area contributed by atoms with Gasteiger partial charge in [-0.05, 0) is 37.5 Å². The third-order valence-electron chi connectivity index (χ3n) is 4.36. The fourth-order valence-corrected chi connectivity index (χ4v) is 4.75. The van der Waals surface area contributed by atoms with Gasteiger partial charge in [0.25, 0.3) is 0 Å². The van der Waals surface area contributed by atoms with E-state index in [0.29, 0.717) is 11.1 Å². The van der Waals surface area contributed by atoms with Crippen LogP contribution < -0.4 is 4.72 Å². The Labute approximate surface area is 136 Å². The van der Waals surface area contributed by atoms with E-state index in [1.54, 1.807) is 18.2 Å². The zero-order chi connectivity index (χ0) is 15.6. The van der Waals surface area contributed by atoms with E-state index >= 15 is 0 Å². The van der Waals surface area contributed by atoms with Crippen LogP contribution in [0.2, 0.25) is 5.02 Å². The first-order valence-corrected chi connectivity index (χ1v) is 9.50. The van der Waals surface area contributed by atoms with Gasteiger partial charge in [-0.3, -0.25) is 4.90 Å². The molecule has 0 aromatic heterocycles. The molecule has 5 nitrogen and oxygen atoms in total. The Morgan fingerprint density at radius 1 is 1.23 bits per heavy atom. The molecule has 122 valence electrons. The van der Waals surface area contributed by atoms with Crippen LogP contribution in [0.5, 0.6) is 0 Å². The molecule has 0 aliphatic carbocycles. The SMILES string of the molecule is O=S(=O)(N[C@@H]1CCN(C2CCOCC2)C1)c1cccc(Cl)c1. The van der Waals surface area contributed by atoms with Crippen molar-refractivity contribution in [3.05, 3.63) is 29.3 Å². The van der Waals surface area contributed by atoms with Crippen molar-refractivity contribution < 1.29 is 13.2 Å². The first-order chi connectivity index (χ1) is 10.5. The molecule has 0 saturated carbocycles. The summed E-state index contributed by atoms with van der Waals surface area (Å²) < 4.78 is 33.0. The molecule has 0 bridgehead atoms. The predicted octanol–water partition coefficient (Wildman–Crippen LogP) is 1.87. The normalized spacial score (nSPS) is 24.7. The molecule has 0 spiro atoms. The summed E-state index contributed by atoms with van der Waals surface area (Å²) in [5, 5.41) is 0.429. The lowest BCUT2D eigenvalue weighted by Gasteiger charge is -2.31. The van der Waals surface area contributed by atoms with E-state index in [1.807, 2.05) is 0 Å². The Morgan fingerprint density at radius 3 is 2.73 bits per heavy atom. The molecule has 2 fully saturated rings. The van der Waals surface area contributed by atoms with Crippen molar-refractivity contribution in [2.45, 2.75) is 36.2 Å². The molecule has 2 aliphatic rings.